The van der Waals surface area contributed by atoms with Crippen molar-refractivity contribution in [2.24, 2.45) is 0 Å². The zero-order valence-electron chi connectivity index (χ0n) is 9.43. The van der Waals surface area contributed by atoms with E-state index in [0.29, 0.717) is 0 Å². The molecule has 82 valence electrons. The Morgan fingerprint density at radius 1 is 1.53 bits per heavy atom. The van der Waals surface area contributed by atoms with Crippen LogP contribution in [-0.2, 0) is 6.54 Å². The molecule has 0 saturated heterocycles. The van der Waals surface area contributed by atoms with Crippen molar-refractivity contribution in [2.75, 3.05) is 5.88 Å². The monoisotopic (exact) mass is 225 g/mol. The van der Waals surface area contributed by atoms with E-state index in [-0.39, 0.29) is 11.7 Å². The lowest BCUT2D eigenvalue weighted by atomic mass is 10.2. The van der Waals surface area contributed by atoms with Crippen molar-refractivity contribution >= 4 is 17.4 Å². The molecule has 1 rings (SSSR count). The smallest absolute Gasteiger partial charge is 0.179 e. The first-order valence-corrected chi connectivity index (χ1v) is 5.41. The minimum Gasteiger partial charge on any atom is -0.344 e. The van der Waals surface area contributed by atoms with Crippen molar-refractivity contribution in [3.05, 3.63) is 35.2 Å². The minimum atomic E-state index is -0.0160. The predicted octanol–water partition coefficient (Wildman–Crippen LogP) is 3.10. The van der Waals surface area contributed by atoms with Gasteiger partial charge in [-0.15, -0.1) is 11.6 Å². The molecule has 3 heteroatoms. The number of aryl methyl sites for hydroxylation is 1. The van der Waals surface area contributed by atoms with E-state index in [1.807, 2.05) is 26.8 Å². The molecule has 0 atom stereocenters. The van der Waals surface area contributed by atoms with Crippen molar-refractivity contribution in [3.8, 4) is 0 Å². The number of carbonyl (C=O) groups is 1. The van der Waals surface area contributed by atoms with Gasteiger partial charge in [0.15, 0.2) is 5.78 Å². The van der Waals surface area contributed by atoms with Crippen LogP contribution in [0.5, 0.6) is 0 Å². The molecule has 0 radical (unpaired) electrons. The number of carbonyl (C=O) groups excluding carboxylic acids is 1. The fraction of sp³-hybridized carbons (Fsp3) is 0.417. The van der Waals surface area contributed by atoms with Gasteiger partial charge in [0.25, 0.3) is 0 Å². The van der Waals surface area contributed by atoms with Crippen molar-refractivity contribution in [1.29, 1.82) is 0 Å². The molecule has 1 heterocycles. The number of aromatic nitrogens is 1. The predicted molar refractivity (Wildman–Crippen MR) is 63.8 cm³/mol. The summed E-state index contributed by atoms with van der Waals surface area (Å²) in [6, 6.07) is 1.89. The van der Waals surface area contributed by atoms with Gasteiger partial charge in [0.1, 0.15) is 0 Å². The zero-order valence-corrected chi connectivity index (χ0v) is 10.2. The van der Waals surface area contributed by atoms with E-state index in [0.717, 1.165) is 29.1 Å². The van der Waals surface area contributed by atoms with E-state index >= 15 is 0 Å². The van der Waals surface area contributed by atoms with Crippen LogP contribution in [-0.4, -0.2) is 16.2 Å². The van der Waals surface area contributed by atoms with Gasteiger partial charge in [0, 0.05) is 23.5 Å². The SMILES string of the molecule is C=C(C)Cn1c(C)cc(C(=O)CCl)c1C. The molecule has 0 fully saturated rings. The summed E-state index contributed by atoms with van der Waals surface area (Å²) in [5.41, 5.74) is 3.84. The van der Waals surface area contributed by atoms with Gasteiger partial charge in [-0.2, -0.15) is 0 Å². The Hall–Kier alpha value is -1.02. The second-order valence-corrected chi connectivity index (χ2v) is 4.15. The quantitative estimate of drug-likeness (QED) is 0.439. The molecule has 1 aromatic rings. The molecule has 0 aliphatic rings. The molecule has 0 unspecified atom stereocenters. The third-order valence-corrected chi connectivity index (χ3v) is 2.67. The molecule has 0 N–H and O–H groups in total. The van der Waals surface area contributed by atoms with E-state index in [1.165, 1.54) is 0 Å². The van der Waals surface area contributed by atoms with Crippen molar-refractivity contribution in [3.63, 3.8) is 0 Å². The Labute approximate surface area is 95.5 Å². The highest BCUT2D eigenvalue weighted by atomic mass is 35.5. The normalized spacial score (nSPS) is 10.4. The average Bonchev–Trinajstić information content (AvgIpc) is 2.44. The van der Waals surface area contributed by atoms with Crippen LogP contribution in [0.1, 0.15) is 28.7 Å². The van der Waals surface area contributed by atoms with Crippen molar-refractivity contribution < 1.29 is 4.79 Å². The fourth-order valence-electron chi connectivity index (χ4n) is 1.67. The molecule has 0 amide bonds. The molecule has 15 heavy (non-hydrogen) atoms. The van der Waals surface area contributed by atoms with Crippen LogP contribution >= 0.6 is 11.6 Å². The van der Waals surface area contributed by atoms with Crippen LogP contribution in [0.25, 0.3) is 0 Å². The van der Waals surface area contributed by atoms with Crippen LogP contribution < -0.4 is 0 Å². The lowest BCUT2D eigenvalue weighted by molar-refractivity contribution is 0.102. The zero-order chi connectivity index (χ0) is 11.6. The number of allylic oxidation sites excluding steroid dienone is 1. The molecule has 0 aliphatic carbocycles. The van der Waals surface area contributed by atoms with Gasteiger partial charge in [0.05, 0.1) is 5.88 Å². The third kappa shape index (κ3) is 2.51. The first-order chi connectivity index (χ1) is 6.97. The first-order valence-electron chi connectivity index (χ1n) is 4.87. The van der Waals surface area contributed by atoms with Crippen LogP contribution in [0.4, 0.5) is 0 Å². The molecule has 0 spiro atoms. The second kappa shape index (κ2) is 4.67. The Kier molecular flexibility index (Phi) is 3.75. The minimum absolute atomic E-state index is 0.0160. The standard InChI is InChI=1S/C12H16ClNO/c1-8(2)7-14-9(3)5-11(10(14)4)12(15)6-13/h5H,1,6-7H2,2-4H3. The summed E-state index contributed by atoms with van der Waals surface area (Å²) in [4.78, 5) is 11.5. The summed E-state index contributed by atoms with van der Waals surface area (Å²) in [5, 5.41) is 0. The van der Waals surface area contributed by atoms with Gasteiger partial charge < -0.3 is 4.57 Å². The molecular formula is C12H16ClNO. The Bertz CT molecular complexity index is 404. The lowest BCUT2D eigenvalue weighted by Crippen LogP contribution is -2.06. The summed E-state index contributed by atoms with van der Waals surface area (Å²) in [7, 11) is 0. The number of halogens is 1. The Morgan fingerprint density at radius 3 is 2.60 bits per heavy atom. The van der Waals surface area contributed by atoms with E-state index in [1.54, 1.807) is 0 Å². The van der Waals surface area contributed by atoms with Gasteiger partial charge in [0.2, 0.25) is 0 Å². The maximum Gasteiger partial charge on any atom is 0.179 e. The topological polar surface area (TPSA) is 22.0 Å². The highest BCUT2D eigenvalue weighted by Gasteiger charge is 2.14. The molecule has 0 aliphatic heterocycles. The molecule has 0 bridgehead atoms. The number of hydrogen-bond acceptors (Lipinski definition) is 1. The lowest BCUT2D eigenvalue weighted by Gasteiger charge is -2.08. The number of ketones is 1. The molecule has 1 aromatic heterocycles. The van der Waals surface area contributed by atoms with Crippen molar-refractivity contribution in [2.45, 2.75) is 27.3 Å². The number of hydrogen-bond donors (Lipinski definition) is 0. The molecule has 0 aromatic carbocycles. The van der Waals surface area contributed by atoms with Crippen molar-refractivity contribution in [1.82, 2.24) is 4.57 Å². The highest BCUT2D eigenvalue weighted by Crippen LogP contribution is 2.17. The molecule has 0 saturated carbocycles. The van der Waals surface area contributed by atoms with Crippen LogP contribution in [0.3, 0.4) is 0 Å². The van der Waals surface area contributed by atoms with Crippen LogP contribution in [0.15, 0.2) is 18.2 Å². The van der Waals surface area contributed by atoms with Gasteiger partial charge in [-0.05, 0) is 26.8 Å². The van der Waals surface area contributed by atoms with Gasteiger partial charge in [-0.3, -0.25) is 4.79 Å². The first kappa shape index (κ1) is 12.1. The fourth-order valence-corrected chi connectivity index (χ4v) is 1.81. The summed E-state index contributed by atoms with van der Waals surface area (Å²) < 4.78 is 2.09. The highest BCUT2D eigenvalue weighted by molar-refractivity contribution is 6.30. The number of nitrogens with zero attached hydrogens (tertiary/aromatic N) is 1. The maximum atomic E-state index is 11.5. The third-order valence-electron chi connectivity index (χ3n) is 2.42. The summed E-state index contributed by atoms with van der Waals surface area (Å²) in [5.74, 6) is 0.0231. The maximum absolute atomic E-state index is 11.5. The Morgan fingerprint density at radius 2 is 2.13 bits per heavy atom. The van der Waals surface area contributed by atoms with E-state index in [9.17, 15) is 4.79 Å². The summed E-state index contributed by atoms with van der Waals surface area (Å²) in [6.07, 6.45) is 0. The van der Waals surface area contributed by atoms with Gasteiger partial charge >= 0.3 is 0 Å². The number of Topliss-reactive ketones (excluding diaryl/α,β-unsaturated/α-hetero) is 1. The van der Waals surface area contributed by atoms with Gasteiger partial charge in [-0.25, -0.2) is 0 Å². The van der Waals surface area contributed by atoms with Crippen LogP contribution in [0, 0.1) is 13.8 Å². The number of alkyl halides is 1. The van der Waals surface area contributed by atoms with Crippen LogP contribution in [0.2, 0.25) is 0 Å². The van der Waals surface area contributed by atoms with E-state index in [2.05, 4.69) is 11.1 Å². The Balaban J connectivity index is 3.14. The molecule has 2 nitrogen and oxygen atoms in total. The van der Waals surface area contributed by atoms with Gasteiger partial charge in [-0.1, -0.05) is 12.2 Å². The average molecular weight is 226 g/mol. The second-order valence-electron chi connectivity index (χ2n) is 3.88. The summed E-state index contributed by atoms with van der Waals surface area (Å²) in [6.45, 7) is 10.5. The van der Waals surface area contributed by atoms with E-state index < -0.39 is 0 Å². The molecular weight excluding hydrogens is 210 g/mol. The number of rotatable bonds is 4. The largest absolute Gasteiger partial charge is 0.344 e. The summed E-state index contributed by atoms with van der Waals surface area (Å²) >= 11 is 5.55. The van der Waals surface area contributed by atoms with E-state index in [4.69, 9.17) is 11.6 Å².